The maximum Gasteiger partial charge on any atom is 0.243 e. The first-order chi connectivity index (χ1) is 11.9. The lowest BCUT2D eigenvalue weighted by atomic mass is 9.64. The van der Waals surface area contributed by atoms with Crippen LogP contribution in [0.15, 0.2) is 22.5 Å². The van der Waals surface area contributed by atoms with Gasteiger partial charge in [0.05, 0.1) is 6.54 Å². The maximum absolute atomic E-state index is 11.9. The molecule has 2 N–H and O–H groups in total. The van der Waals surface area contributed by atoms with E-state index in [4.69, 9.17) is 0 Å². The lowest BCUT2D eigenvalue weighted by Crippen LogP contribution is -2.47. The first-order valence-corrected chi connectivity index (χ1v) is 10.0. The van der Waals surface area contributed by atoms with Crippen molar-refractivity contribution < 1.29 is 4.79 Å². The van der Waals surface area contributed by atoms with Crippen LogP contribution in [0.3, 0.4) is 0 Å². The smallest absolute Gasteiger partial charge is 0.243 e. The van der Waals surface area contributed by atoms with E-state index in [-0.39, 0.29) is 36.4 Å². The SMILES string of the molecule is CC(C)CC1(CNC(=NCC(=O)N(C)C)NCc2cccs2)CCC1.I. The van der Waals surface area contributed by atoms with Gasteiger partial charge in [-0.05, 0) is 42.0 Å². The molecule has 0 bridgehead atoms. The number of likely N-dealkylation sites (N-methyl/N-ethyl adjacent to an activating group) is 1. The molecule has 1 amide bonds. The quantitative estimate of drug-likeness (QED) is 0.331. The topological polar surface area (TPSA) is 56.7 Å². The summed E-state index contributed by atoms with van der Waals surface area (Å²) >= 11 is 1.72. The standard InChI is InChI=1S/C19H32N4OS.HI/c1-15(2)11-19(8-6-9-19)14-22-18(21-13-17(24)23(3)4)20-12-16-7-5-10-25-16;/h5,7,10,15H,6,8-9,11-14H2,1-4H3,(H2,20,21,22);1H. The normalized spacial score (nSPS) is 15.8. The average Bonchev–Trinajstić information content (AvgIpc) is 3.03. The molecule has 1 aromatic rings. The second-order valence-electron chi connectivity index (χ2n) is 7.69. The minimum atomic E-state index is 0. The van der Waals surface area contributed by atoms with Crippen molar-refractivity contribution >= 4 is 47.2 Å². The van der Waals surface area contributed by atoms with Gasteiger partial charge in [-0.15, -0.1) is 35.3 Å². The third-order valence-electron chi connectivity index (χ3n) is 4.77. The summed E-state index contributed by atoms with van der Waals surface area (Å²) < 4.78 is 0. The largest absolute Gasteiger partial charge is 0.356 e. The Morgan fingerprint density at radius 2 is 2.08 bits per heavy atom. The summed E-state index contributed by atoms with van der Waals surface area (Å²) in [7, 11) is 3.52. The van der Waals surface area contributed by atoms with Crippen LogP contribution in [0.5, 0.6) is 0 Å². The summed E-state index contributed by atoms with van der Waals surface area (Å²) in [6.07, 6.45) is 5.14. The highest BCUT2D eigenvalue weighted by Crippen LogP contribution is 2.45. The number of guanidine groups is 1. The highest BCUT2D eigenvalue weighted by Gasteiger charge is 2.37. The number of nitrogens with zero attached hydrogens (tertiary/aromatic N) is 2. The van der Waals surface area contributed by atoms with Crippen molar-refractivity contribution in [3.63, 3.8) is 0 Å². The summed E-state index contributed by atoms with van der Waals surface area (Å²) in [5.74, 6) is 1.45. The predicted molar refractivity (Wildman–Crippen MR) is 121 cm³/mol. The van der Waals surface area contributed by atoms with Gasteiger partial charge < -0.3 is 15.5 Å². The van der Waals surface area contributed by atoms with Crippen molar-refractivity contribution in [2.45, 2.75) is 46.1 Å². The van der Waals surface area contributed by atoms with Crippen LogP contribution in [0.25, 0.3) is 0 Å². The van der Waals surface area contributed by atoms with Gasteiger partial charge in [-0.25, -0.2) is 4.99 Å². The Labute approximate surface area is 179 Å². The highest BCUT2D eigenvalue weighted by molar-refractivity contribution is 14.0. The fourth-order valence-electron chi connectivity index (χ4n) is 3.31. The molecule has 1 aliphatic carbocycles. The van der Waals surface area contributed by atoms with Crippen molar-refractivity contribution in [3.05, 3.63) is 22.4 Å². The van der Waals surface area contributed by atoms with Gasteiger partial charge in [-0.1, -0.05) is 26.3 Å². The number of thiophene rings is 1. The molecule has 2 rings (SSSR count). The maximum atomic E-state index is 11.9. The molecule has 1 saturated carbocycles. The fourth-order valence-corrected chi connectivity index (χ4v) is 3.96. The number of carbonyl (C=O) groups is 1. The molecule has 0 aromatic carbocycles. The van der Waals surface area contributed by atoms with E-state index in [9.17, 15) is 4.79 Å². The second-order valence-corrected chi connectivity index (χ2v) is 8.72. The molecule has 0 saturated heterocycles. The number of aliphatic imine (C=N–C) groups is 1. The summed E-state index contributed by atoms with van der Waals surface area (Å²) in [5.41, 5.74) is 0.394. The molecule has 5 nitrogen and oxygen atoms in total. The van der Waals surface area contributed by atoms with Crippen LogP contribution < -0.4 is 10.6 Å². The average molecular weight is 492 g/mol. The van der Waals surface area contributed by atoms with E-state index in [1.807, 2.05) is 6.07 Å². The van der Waals surface area contributed by atoms with Crippen LogP contribution >= 0.6 is 35.3 Å². The molecular weight excluding hydrogens is 459 g/mol. The van der Waals surface area contributed by atoms with E-state index in [2.05, 4.69) is 40.9 Å². The van der Waals surface area contributed by atoms with Crippen molar-refractivity contribution in [2.24, 2.45) is 16.3 Å². The number of rotatable bonds is 8. The van der Waals surface area contributed by atoms with Gasteiger partial charge in [0.1, 0.15) is 6.54 Å². The van der Waals surface area contributed by atoms with Gasteiger partial charge in [-0.2, -0.15) is 0 Å². The van der Waals surface area contributed by atoms with Gasteiger partial charge in [0.2, 0.25) is 5.91 Å². The van der Waals surface area contributed by atoms with Crippen LogP contribution in [0, 0.1) is 11.3 Å². The Morgan fingerprint density at radius 1 is 1.35 bits per heavy atom. The first-order valence-electron chi connectivity index (χ1n) is 9.15. The Kier molecular flexibility index (Phi) is 9.92. The molecule has 7 heteroatoms. The molecule has 1 aromatic heterocycles. The molecule has 148 valence electrons. The third kappa shape index (κ3) is 7.42. The van der Waals surface area contributed by atoms with E-state index >= 15 is 0 Å². The number of amides is 1. The second kappa shape index (κ2) is 11.1. The molecule has 1 fully saturated rings. The molecule has 0 aliphatic heterocycles. The third-order valence-corrected chi connectivity index (χ3v) is 5.64. The monoisotopic (exact) mass is 492 g/mol. The van der Waals surface area contributed by atoms with Gasteiger partial charge >= 0.3 is 0 Å². The van der Waals surface area contributed by atoms with E-state index in [1.54, 1.807) is 30.3 Å². The van der Waals surface area contributed by atoms with E-state index in [1.165, 1.54) is 30.6 Å². The molecule has 1 heterocycles. The zero-order chi connectivity index (χ0) is 18.3. The van der Waals surface area contributed by atoms with Crippen LogP contribution in [-0.4, -0.2) is 44.0 Å². The summed E-state index contributed by atoms with van der Waals surface area (Å²) in [6, 6.07) is 4.15. The van der Waals surface area contributed by atoms with Crippen LogP contribution in [0.4, 0.5) is 0 Å². The van der Waals surface area contributed by atoms with Crippen LogP contribution in [-0.2, 0) is 11.3 Å². The van der Waals surface area contributed by atoms with Crippen LogP contribution in [0.2, 0.25) is 0 Å². The number of hydrogen-bond donors (Lipinski definition) is 2. The summed E-state index contributed by atoms with van der Waals surface area (Å²) in [5, 5.41) is 8.94. The number of carbonyl (C=O) groups excluding carboxylic acids is 1. The molecule has 0 unspecified atom stereocenters. The molecule has 0 spiro atoms. The Bertz CT molecular complexity index is 568. The molecule has 26 heavy (non-hydrogen) atoms. The minimum Gasteiger partial charge on any atom is -0.356 e. The summed E-state index contributed by atoms with van der Waals surface area (Å²) in [6.45, 7) is 6.41. The fraction of sp³-hybridized carbons (Fsp3) is 0.684. The van der Waals surface area contributed by atoms with E-state index in [0.717, 1.165) is 19.0 Å². The summed E-state index contributed by atoms with van der Waals surface area (Å²) in [4.78, 5) is 19.2. The van der Waals surface area contributed by atoms with Crippen molar-refractivity contribution in [2.75, 3.05) is 27.2 Å². The van der Waals surface area contributed by atoms with Crippen molar-refractivity contribution in [1.82, 2.24) is 15.5 Å². The Hall–Kier alpha value is -0.830. The molecule has 0 atom stereocenters. The van der Waals surface area contributed by atoms with E-state index < -0.39 is 0 Å². The number of hydrogen-bond acceptors (Lipinski definition) is 3. The lowest BCUT2D eigenvalue weighted by molar-refractivity contribution is -0.127. The number of halogens is 1. The highest BCUT2D eigenvalue weighted by atomic mass is 127. The van der Waals surface area contributed by atoms with Gasteiger partial charge in [0.15, 0.2) is 5.96 Å². The van der Waals surface area contributed by atoms with Gasteiger partial charge in [0.25, 0.3) is 0 Å². The minimum absolute atomic E-state index is 0. The van der Waals surface area contributed by atoms with Crippen molar-refractivity contribution in [3.8, 4) is 0 Å². The zero-order valence-electron chi connectivity index (χ0n) is 16.4. The van der Waals surface area contributed by atoms with Crippen molar-refractivity contribution in [1.29, 1.82) is 0 Å². The van der Waals surface area contributed by atoms with E-state index in [0.29, 0.717) is 11.3 Å². The lowest BCUT2D eigenvalue weighted by Gasteiger charge is -2.43. The van der Waals surface area contributed by atoms with Gasteiger partial charge in [0, 0.05) is 25.5 Å². The zero-order valence-corrected chi connectivity index (χ0v) is 19.5. The Balaban J connectivity index is 0.00000338. The Morgan fingerprint density at radius 3 is 2.58 bits per heavy atom. The van der Waals surface area contributed by atoms with Crippen LogP contribution in [0.1, 0.15) is 44.4 Å². The first kappa shape index (κ1) is 23.2. The predicted octanol–water partition coefficient (Wildman–Crippen LogP) is 3.71. The molecular formula is C19H33IN4OS. The molecule has 1 aliphatic rings. The van der Waals surface area contributed by atoms with Gasteiger partial charge in [-0.3, -0.25) is 4.79 Å². The molecule has 0 radical (unpaired) electrons. The number of nitrogens with one attached hydrogen (secondary N) is 2.